The summed E-state index contributed by atoms with van der Waals surface area (Å²) in [5.74, 6) is 1.80. The van der Waals surface area contributed by atoms with Gasteiger partial charge in [0.15, 0.2) is 0 Å². The van der Waals surface area contributed by atoms with Crippen molar-refractivity contribution in [1.29, 1.82) is 0 Å². The Morgan fingerprint density at radius 3 is 2.48 bits per heavy atom. The largest absolute Gasteiger partial charge is 0.481 e. The van der Waals surface area contributed by atoms with Gasteiger partial charge in [-0.05, 0) is 97.7 Å². The molecular weight excluding hydrogens is 336 g/mol. The molecule has 0 aliphatic heterocycles. The second-order valence-corrected chi connectivity index (χ2v) is 11.4. The van der Waals surface area contributed by atoms with Gasteiger partial charge in [0.05, 0.1) is 6.10 Å². The standard InChI is InChI=1S/C24H40O3/c1-22-12-4-5-13-24(22,3)18-11-14-23(2)16(7-6-8-20(26)27)9-10-17(23)21(18)19(25)15-22/h16-19,21,25H,4-15H2,1-3H3,(H,26,27)/t16-,17?,18?,19-,21?,22-,23-,24+/m0/s1. The van der Waals surface area contributed by atoms with E-state index < -0.39 is 5.97 Å². The molecule has 154 valence electrons. The van der Waals surface area contributed by atoms with Crippen molar-refractivity contribution in [2.45, 2.75) is 104 Å². The quantitative estimate of drug-likeness (QED) is 0.666. The number of hydrogen-bond donors (Lipinski definition) is 2. The number of rotatable bonds is 4. The average Bonchev–Trinajstić information content (AvgIpc) is 2.92. The Morgan fingerprint density at radius 2 is 1.74 bits per heavy atom. The van der Waals surface area contributed by atoms with Crippen LogP contribution in [0.5, 0.6) is 0 Å². The van der Waals surface area contributed by atoms with Gasteiger partial charge in [-0.3, -0.25) is 4.79 Å². The third-order valence-electron chi connectivity index (χ3n) is 10.4. The summed E-state index contributed by atoms with van der Waals surface area (Å²) in [6.07, 6.45) is 13.4. The molecule has 3 unspecified atom stereocenters. The molecule has 0 radical (unpaired) electrons. The van der Waals surface area contributed by atoms with Crippen LogP contribution in [0.1, 0.15) is 97.8 Å². The van der Waals surface area contributed by atoms with Crippen LogP contribution < -0.4 is 0 Å². The Labute approximate surface area is 165 Å². The van der Waals surface area contributed by atoms with Crippen molar-refractivity contribution in [3.05, 3.63) is 0 Å². The van der Waals surface area contributed by atoms with Crippen molar-refractivity contribution in [3.63, 3.8) is 0 Å². The first-order valence-electron chi connectivity index (χ1n) is 11.6. The molecule has 4 aliphatic carbocycles. The van der Waals surface area contributed by atoms with Crippen molar-refractivity contribution in [3.8, 4) is 0 Å². The van der Waals surface area contributed by atoms with Crippen LogP contribution in [0.4, 0.5) is 0 Å². The van der Waals surface area contributed by atoms with E-state index in [2.05, 4.69) is 20.8 Å². The van der Waals surface area contributed by atoms with Crippen molar-refractivity contribution in [1.82, 2.24) is 0 Å². The molecule has 0 aromatic heterocycles. The number of carbonyl (C=O) groups is 1. The van der Waals surface area contributed by atoms with Gasteiger partial charge in [0.1, 0.15) is 0 Å². The highest BCUT2D eigenvalue weighted by molar-refractivity contribution is 5.66. The van der Waals surface area contributed by atoms with E-state index in [9.17, 15) is 9.90 Å². The molecule has 0 aromatic carbocycles. The first kappa shape index (κ1) is 19.7. The van der Waals surface area contributed by atoms with Gasteiger partial charge in [-0.2, -0.15) is 0 Å². The fourth-order valence-electron chi connectivity index (χ4n) is 8.72. The lowest BCUT2D eigenvalue weighted by Gasteiger charge is -2.66. The van der Waals surface area contributed by atoms with Crippen LogP contribution in [0.15, 0.2) is 0 Å². The number of fused-ring (bicyclic) bond motifs is 5. The van der Waals surface area contributed by atoms with Gasteiger partial charge in [0.2, 0.25) is 0 Å². The first-order chi connectivity index (χ1) is 12.7. The van der Waals surface area contributed by atoms with Crippen molar-refractivity contribution in [2.75, 3.05) is 0 Å². The molecule has 8 atom stereocenters. The first-order valence-corrected chi connectivity index (χ1v) is 11.6. The Hall–Kier alpha value is -0.570. The fourth-order valence-corrected chi connectivity index (χ4v) is 8.72. The molecule has 4 aliphatic rings. The summed E-state index contributed by atoms with van der Waals surface area (Å²) in [4.78, 5) is 10.9. The predicted octanol–water partition coefficient (Wildman–Crippen LogP) is 5.65. The summed E-state index contributed by atoms with van der Waals surface area (Å²) in [5, 5.41) is 20.3. The van der Waals surface area contributed by atoms with E-state index in [4.69, 9.17) is 5.11 Å². The fraction of sp³-hybridized carbons (Fsp3) is 0.958. The Kier molecular flexibility index (Phi) is 4.93. The third-order valence-corrected chi connectivity index (χ3v) is 10.4. The number of carboxylic acids is 1. The van der Waals surface area contributed by atoms with Crippen LogP contribution in [-0.2, 0) is 4.79 Å². The zero-order valence-electron chi connectivity index (χ0n) is 17.7. The average molecular weight is 377 g/mol. The summed E-state index contributed by atoms with van der Waals surface area (Å²) in [6, 6.07) is 0. The van der Waals surface area contributed by atoms with Crippen LogP contribution in [0.25, 0.3) is 0 Å². The molecule has 3 nitrogen and oxygen atoms in total. The molecule has 0 heterocycles. The molecule has 0 aromatic rings. The number of aliphatic hydroxyl groups excluding tert-OH is 1. The lowest BCUT2D eigenvalue weighted by atomic mass is 9.40. The maximum Gasteiger partial charge on any atom is 0.303 e. The van der Waals surface area contributed by atoms with Crippen LogP contribution in [-0.4, -0.2) is 22.3 Å². The molecule has 0 saturated heterocycles. The van der Waals surface area contributed by atoms with E-state index in [0.29, 0.717) is 46.3 Å². The third kappa shape index (κ3) is 2.90. The molecule has 2 N–H and O–H groups in total. The van der Waals surface area contributed by atoms with E-state index in [1.807, 2.05) is 0 Å². The van der Waals surface area contributed by atoms with Gasteiger partial charge in [-0.1, -0.05) is 33.6 Å². The summed E-state index contributed by atoms with van der Waals surface area (Å²) in [6.45, 7) is 7.52. The van der Waals surface area contributed by atoms with E-state index in [1.54, 1.807) is 0 Å². The van der Waals surface area contributed by atoms with Gasteiger partial charge in [0.25, 0.3) is 0 Å². The summed E-state index contributed by atoms with van der Waals surface area (Å²) >= 11 is 0. The van der Waals surface area contributed by atoms with Crippen LogP contribution in [0.3, 0.4) is 0 Å². The number of carboxylic acid groups (broad SMARTS) is 1. The maximum atomic E-state index is 11.3. The maximum absolute atomic E-state index is 11.3. The molecule has 27 heavy (non-hydrogen) atoms. The minimum Gasteiger partial charge on any atom is -0.481 e. The minimum atomic E-state index is -0.661. The molecular formula is C24H40O3. The van der Waals surface area contributed by atoms with E-state index >= 15 is 0 Å². The lowest BCUT2D eigenvalue weighted by Crippen LogP contribution is -2.61. The van der Waals surface area contributed by atoms with E-state index in [-0.39, 0.29) is 6.10 Å². The van der Waals surface area contributed by atoms with Crippen LogP contribution in [0, 0.1) is 39.9 Å². The SMILES string of the molecule is C[C@@]12CCCC[C@]1(C)C1CC[C@]3(C)C(CC[C@@H]3CCCC(=O)O)C1[C@@H](O)C2. The zero-order valence-corrected chi connectivity index (χ0v) is 17.7. The second-order valence-electron chi connectivity index (χ2n) is 11.4. The minimum absolute atomic E-state index is 0.131. The highest BCUT2D eigenvalue weighted by Gasteiger charge is 2.64. The predicted molar refractivity (Wildman–Crippen MR) is 107 cm³/mol. The molecule has 3 heteroatoms. The van der Waals surface area contributed by atoms with Crippen LogP contribution in [0.2, 0.25) is 0 Å². The number of aliphatic hydroxyl groups is 1. The highest BCUT2D eigenvalue weighted by atomic mass is 16.4. The van der Waals surface area contributed by atoms with Gasteiger partial charge >= 0.3 is 5.97 Å². The summed E-state index contributed by atoms with van der Waals surface area (Å²) < 4.78 is 0. The van der Waals surface area contributed by atoms with Crippen molar-refractivity contribution in [2.24, 2.45) is 39.9 Å². The van der Waals surface area contributed by atoms with E-state index in [1.165, 1.54) is 51.4 Å². The topological polar surface area (TPSA) is 57.5 Å². The smallest absolute Gasteiger partial charge is 0.303 e. The van der Waals surface area contributed by atoms with Gasteiger partial charge in [-0.15, -0.1) is 0 Å². The molecule has 0 spiro atoms. The van der Waals surface area contributed by atoms with Crippen molar-refractivity contribution < 1.29 is 15.0 Å². The Bertz CT molecular complexity index is 588. The normalized spacial score (nSPS) is 51.9. The zero-order chi connectivity index (χ0) is 19.4. The van der Waals surface area contributed by atoms with Gasteiger partial charge in [0, 0.05) is 6.42 Å². The highest BCUT2D eigenvalue weighted by Crippen LogP contribution is 2.70. The lowest BCUT2D eigenvalue weighted by molar-refractivity contribution is -0.197. The number of hydrogen-bond acceptors (Lipinski definition) is 2. The van der Waals surface area contributed by atoms with Gasteiger partial charge < -0.3 is 10.2 Å². The second kappa shape index (κ2) is 6.75. The van der Waals surface area contributed by atoms with Crippen molar-refractivity contribution >= 4 is 5.97 Å². The summed E-state index contributed by atoms with van der Waals surface area (Å²) in [7, 11) is 0. The summed E-state index contributed by atoms with van der Waals surface area (Å²) in [5.41, 5.74) is 1.04. The Morgan fingerprint density at radius 1 is 1.00 bits per heavy atom. The number of aliphatic carboxylic acids is 1. The molecule has 4 saturated carbocycles. The van der Waals surface area contributed by atoms with Gasteiger partial charge in [-0.25, -0.2) is 0 Å². The Balaban J connectivity index is 1.56. The molecule has 4 fully saturated rings. The van der Waals surface area contributed by atoms with E-state index in [0.717, 1.165) is 19.3 Å². The molecule has 4 rings (SSSR count). The molecule has 0 amide bonds. The van der Waals surface area contributed by atoms with Crippen LogP contribution >= 0.6 is 0 Å². The monoisotopic (exact) mass is 376 g/mol. The molecule has 0 bridgehead atoms.